The van der Waals surface area contributed by atoms with E-state index in [9.17, 15) is 4.79 Å². The molecule has 2 aromatic carbocycles. The fraction of sp³-hybridized carbons (Fsp3) is 0.423. The molecule has 9 nitrogen and oxygen atoms in total. The second-order valence-electron chi connectivity index (χ2n) is 9.65. The summed E-state index contributed by atoms with van der Waals surface area (Å²) >= 11 is 0. The molecule has 35 heavy (non-hydrogen) atoms. The van der Waals surface area contributed by atoms with Gasteiger partial charge in [-0.05, 0) is 102 Å². The van der Waals surface area contributed by atoms with Crippen molar-refractivity contribution in [2.75, 3.05) is 37.3 Å². The van der Waals surface area contributed by atoms with Gasteiger partial charge < -0.3 is 25.4 Å². The maximum Gasteiger partial charge on any atom is 0.281 e. The largest absolute Gasteiger partial charge is 0.494 e. The molecule has 0 aliphatic carbocycles. The number of hydrogen-bond acceptors (Lipinski definition) is 8. The van der Waals surface area contributed by atoms with Crippen LogP contribution in [0.5, 0.6) is 11.5 Å². The number of aromatic nitrogens is 3. The van der Waals surface area contributed by atoms with Crippen molar-refractivity contribution >= 4 is 23.5 Å². The summed E-state index contributed by atoms with van der Waals surface area (Å²) in [4.78, 5) is 19.5. The Balaban J connectivity index is 1.31. The standard InChI is InChI=1S/C26H34N6O3/c1-26(2,3)35-22-11-7-19(8-12-22)23(33)32-24(27)29-25(30-32)28-20-9-13-21(14-10-20)34-18-6-17-31-15-4-5-16-31/h7-14H,4-6,15-18H2,1-3H3,(H3,27,28,29,30). The highest BCUT2D eigenvalue weighted by atomic mass is 16.5. The monoisotopic (exact) mass is 478 g/mol. The van der Waals surface area contributed by atoms with Gasteiger partial charge in [0, 0.05) is 17.8 Å². The van der Waals surface area contributed by atoms with Crippen molar-refractivity contribution in [3.05, 3.63) is 54.1 Å². The number of carbonyl (C=O) groups excluding carboxylic acids is 1. The van der Waals surface area contributed by atoms with Crippen LogP contribution >= 0.6 is 0 Å². The Labute approximate surface area is 206 Å². The summed E-state index contributed by atoms with van der Waals surface area (Å²) in [7, 11) is 0. The Morgan fingerprint density at radius 3 is 2.34 bits per heavy atom. The van der Waals surface area contributed by atoms with Crippen LogP contribution in [-0.4, -0.2) is 57.4 Å². The van der Waals surface area contributed by atoms with Gasteiger partial charge in [-0.3, -0.25) is 4.79 Å². The number of nitrogens with two attached hydrogens (primary N) is 1. The Morgan fingerprint density at radius 2 is 1.69 bits per heavy atom. The molecule has 4 rings (SSSR count). The molecule has 1 aromatic heterocycles. The van der Waals surface area contributed by atoms with Gasteiger partial charge in [-0.1, -0.05) is 0 Å². The molecule has 0 atom stereocenters. The first-order valence-corrected chi connectivity index (χ1v) is 12.1. The highest BCUT2D eigenvalue weighted by Crippen LogP contribution is 2.21. The average Bonchev–Trinajstić information content (AvgIpc) is 3.46. The number of ether oxygens (including phenoxy) is 2. The van der Waals surface area contributed by atoms with E-state index in [0.29, 0.717) is 17.9 Å². The zero-order valence-corrected chi connectivity index (χ0v) is 20.7. The molecule has 3 aromatic rings. The number of carbonyl (C=O) groups is 1. The number of nitrogens with zero attached hydrogens (tertiary/aromatic N) is 4. The van der Waals surface area contributed by atoms with E-state index in [1.165, 1.54) is 25.9 Å². The lowest BCUT2D eigenvalue weighted by atomic mass is 10.1. The first-order valence-electron chi connectivity index (χ1n) is 12.1. The fourth-order valence-electron chi connectivity index (χ4n) is 3.92. The summed E-state index contributed by atoms with van der Waals surface area (Å²) in [6.45, 7) is 10.1. The van der Waals surface area contributed by atoms with Crippen molar-refractivity contribution in [1.82, 2.24) is 19.7 Å². The van der Waals surface area contributed by atoms with Crippen LogP contribution in [0.1, 0.15) is 50.4 Å². The average molecular weight is 479 g/mol. The highest BCUT2D eigenvalue weighted by molar-refractivity contribution is 5.97. The SMILES string of the molecule is CC(C)(C)Oc1ccc(C(=O)n2nc(Nc3ccc(OCCCN4CCCC4)cc3)nc2N)cc1. The van der Waals surface area contributed by atoms with Crippen LogP contribution < -0.4 is 20.5 Å². The molecule has 1 fully saturated rings. The smallest absolute Gasteiger partial charge is 0.281 e. The fourth-order valence-corrected chi connectivity index (χ4v) is 3.92. The van der Waals surface area contributed by atoms with Crippen molar-refractivity contribution in [2.45, 2.75) is 45.6 Å². The summed E-state index contributed by atoms with van der Waals surface area (Å²) in [6, 6.07) is 14.4. The van der Waals surface area contributed by atoms with Crippen LogP contribution in [0.15, 0.2) is 48.5 Å². The van der Waals surface area contributed by atoms with Gasteiger partial charge in [0.15, 0.2) is 0 Å². The van der Waals surface area contributed by atoms with Crippen molar-refractivity contribution in [2.24, 2.45) is 0 Å². The van der Waals surface area contributed by atoms with Crippen molar-refractivity contribution < 1.29 is 14.3 Å². The van der Waals surface area contributed by atoms with Crippen LogP contribution in [0.25, 0.3) is 0 Å². The molecule has 0 amide bonds. The Hall–Kier alpha value is -3.59. The number of hydrogen-bond donors (Lipinski definition) is 2. The molecule has 1 aliphatic rings. The maximum absolute atomic E-state index is 12.9. The molecule has 3 N–H and O–H groups in total. The predicted molar refractivity (Wildman–Crippen MR) is 136 cm³/mol. The van der Waals surface area contributed by atoms with Crippen LogP contribution in [0.4, 0.5) is 17.6 Å². The number of rotatable bonds is 9. The first-order chi connectivity index (χ1) is 16.8. The van der Waals surface area contributed by atoms with Crippen molar-refractivity contribution in [1.29, 1.82) is 0 Å². The minimum atomic E-state index is -0.372. The van der Waals surface area contributed by atoms with E-state index in [0.717, 1.165) is 29.1 Å². The van der Waals surface area contributed by atoms with E-state index in [2.05, 4.69) is 20.3 Å². The predicted octanol–water partition coefficient (Wildman–Crippen LogP) is 4.33. The van der Waals surface area contributed by atoms with E-state index in [1.807, 2.05) is 45.0 Å². The Morgan fingerprint density at radius 1 is 1.03 bits per heavy atom. The number of nitrogens with one attached hydrogen (secondary N) is 1. The van der Waals surface area contributed by atoms with Gasteiger partial charge in [-0.2, -0.15) is 9.67 Å². The van der Waals surface area contributed by atoms with Gasteiger partial charge >= 0.3 is 0 Å². The lowest BCUT2D eigenvalue weighted by Gasteiger charge is -2.21. The summed E-state index contributed by atoms with van der Waals surface area (Å²) in [6.07, 6.45) is 3.63. The normalized spacial score (nSPS) is 14.1. The van der Waals surface area contributed by atoms with Crippen LogP contribution in [-0.2, 0) is 0 Å². The number of anilines is 3. The van der Waals surface area contributed by atoms with E-state index >= 15 is 0 Å². The van der Waals surface area contributed by atoms with Crippen LogP contribution in [0, 0.1) is 0 Å². The third-order valence-corrected chi connectivity index (χ3v) is 5.55. The number of benzene rings is 2. The van der Waals surface area contributed by atoms with Gasteiger partial charge in [-0.15, -0.1) is 5.10 Å². The minimum absolute atomic E-state index is 0.00507. The van der Waals surface area contributed by atoms with Crippen LogP contribution in [0.3, 0.4) is 0 Å². The summed E-state index contributed by atoms with van der Waals surface area (Å²) < 4.78 is 12.7. The molecule has 1 saturated heterocycles. The van der Waals surface area contributed by atoms with E-state index < -0.39 is 0 Å². The second kappa shape index (κ2) is 10.8. The van der Waals surface area contributed by atoms with Gasteiger partial charge in [0.2, 0.25) is 11.9 Å². The molecule has 0 bridgehead atoms. The van der Waals surface area contributed by atoms with Crippen molar-refractivity contribution in [3.63, 3.8) is 0 Å². The third-order valence-electron chi connectivity index (χ3n) is 5.55. The Kier molecular flexibility index (Phi) is 7.55. The molecule has 1 aliphatic heterocycles. The van der Waals surface area contributed by atoms with E-state index in [-0.39, 0.29) is 23.4 Å². The van der Waals surface area contributed by atoms with Crippen LogP contribution in [0.2, 0.25) is 0 Å². The first kappa shape index (κ1) is 24.5. The van der Waals surface area contributed by atoms with Gasteiger partial charge in [0.1, 0.15) is 17.1 Å². The van der Waals surface area contributed by atoms with Gasteiger partial charge in [-0.25, -0.2) is 0 Å². The summed E-state index contributed by atoms with van der Waals surface area (Å²) in [5, 5.41) is 7.32. The number of nitrogen functional groups attached to an aromatic ring is 1. The molecule has 0 radical (unpaired) electrons. The molecule has 2 heterocycles. The third kappa shape index (κ3) is 6.95. The second-order valence-corrected chi connectivity index (χ2v) is 9.65. The van der Waals surface area contributed by atoms with E-state index in [4.69, 9.17) is 15.2 Å². The molecule has 0 saturated carbocycles. The topological polar surface area (TPSA) is 108 Å². The lowest BCUT2D eigenvalue weighted by Crippen LogP contribution is -2.23. The highest BCUT2D eigenvalue weighted by Gasteiger charge is 2.17. The molecule has 0 unspecified atom stereocenters. The molecule has 186 valence electrons. The summed E-state index contributed by atoms with van der Waals surface area (Å²) in [5.74, 6) is 1.36. The minimum Gasteiger partial charge on any atom is -0.494 e. The Bertz CT molecular complexity index is 1110. The summed E-state index contributed by atoms with van der Waals surface area (Å²) in [5.41, 5.74) is 6.84. The quantitative estimate of drug-likeness (QED) is 0.438. The van der Waals surface area contributed by atoms with Gasteiger partial charge in [0.05, 0.1) is 6.61 Å². The molecular formula is C26H34N6O3. The molecule has 9 heteroatoms. The zero-order chi connectivity index (χ0) is 24.8. The molecule has 0 spiro atoms. The molecular weight excluding hydrogens is 444 g/mol. The lowest BCUT2D eigenvalue weighted by molar-refractivity contribution is 0.0948. The van der Waals surface area contributed by atoms with E-state index in [1.54, 1.807) is 24.3 Å². The number of likely N-dealkylation sites (tertiary alicyclic amines) is 1. The maximum atomic E-state index is 12.9. The van der Waals surface area contributed by atoms with Crippen molar-refractivity contribution in [3.8, 4) is 11.5 Å². The van der Waals surface area contributed by atoms with Gasteiger partial charge in [0.25, 0.3) is 5.91 Å². The zero-order valence-electron chi connectivity index (χ0n) is 20.7.